The van der Waals surface area contributed by atoms with E-state index in [0.29, 0.717) is 18.0 Å². The van der Waals surface area contributed by atoms with Gasteiger partial charge in [-0.15, -0.1) is 17.5 Å². The van der Waals surface area contributed by atoms with Crippen LogP contribution in [0.3, 0.4) is 0 Å². The van der Waals surface area contributed by atoms with Gasteiger partial charge in [-0.25, -0.2) is 4.52 Å². The molecule has 3 aromatic rings. The van der Waals surface area contributed by atoms with E-state index in [4.69, 9.17) is 4.74 Å². The van der Waals surface area contributed by atoms with Crippen molar-refractivity contribution in [3.05, 3.63) is 36.8 Å². The van der Waals surface area contributed by atoms with Crippen LogP contribution in [0.15, 0.2) is 36.8 Å². The standard InChI is InChI=1S/C18H20N6O.ClH/c1-25-18-7-12(8-19-22-18)13-6-17-16(4-5-20-24(17)9-13)23-10-14-2-3-15(11-23)21-14;/h4-9,14-15,21H,2-3,10-11H2,1H3;1H. The molecule has 2 aliphatic heterocycles. The van der Waals surface area contributed by atoms with Crippen LogP contribution in [-0.2, 0) is 0 Å². The number of aromatic nitrogens is 4. The third-order valence-corrected chi connectivity index (χ3v) is 5.22. The molecule has 2 bridgehead atoms. The maximum Gasteiger partial charge on any atom is 0.233 e. The fourth-order valence-electron chi connectivity index (χ4n) is 4.02. The van der Waals surface area contributed by atoms with Crippen LogP contribution < -0.4 is 15.0 Å². The van der Waals surface area contributed by atoms with Gasteiger partial charge in [0, 0.05) is 54.8 Å². The van der Waals surface area contributed by atoms with Gasteiger partial charge in [0.25, 0.3) is 0 Å². The van der Waals surface area contributed by atoms with Gasteiger partial charge in [0.1, 0.15) is 0 Å². The first-order chi connectivity index (χ1) is 12.3. The van der Waals surface area contributed by atoms with E-state index in [2.05, 4.69) is 37.6 Å². The van der Waals surface area contributed by atoms with E-state index >= 15 is 0 Å². The highest BCUT2D eigenvalue weighted by molar-refractivity contribution is 5.85. The van der Waals surface area contributed by atoms with Crippen LogP contribution in [0.1, 0.15) is 12.8 Å². The molecule has 0 saturated carbocycles. The molecule has 3 aromatic heterocycles. The van der Waals surface area contributed by atoms with Crippen molar-refractivity contribution in [3.63, 3.8) is 0 Å². The molecule has 1 N–H and O–H groups in total. The number of halogens is 1. The summed E-state index contributed by atoms with van der Waals surface area (Å²) in [5, 5.41) is 16.1. The number of ether oxygens (including phenoxy) is 1. The quantitative estimate of drug-likeness (QED) is 0.760. The highest BCUT2D eigenvalue weighted by Crippen LogP contribution is 2.31. The second kappa shape index (κ2) is 6.74. The number of nitrogens with zero attached hydrogens (tertiary/aromatic N) is 5. The Morgan fingerprint density at radius 1 is 1.15 bits per heavy atom. The number of hydrogen-bond donors (Lipinski definition) is 1. The van der Waals surface area contributed by atoms with Crippen molar-refractivity contribution in [1.82, 2.24) is 25.1 Å². The Kier molecular flexibility index (Phi) is 4.42. The molecular formula is C18H21ClN6O. The third-order valence-electron chi connectivity index (χ3n) is 5.22. The molecule has 0 radical (unpaired) electrons. The molecule has 0 spiro atoms. The summed E-state index contributed by atoms with van der Waals surface area (Å²) in [6.07, 6.45) is 8.21. The second-order valence-corrected chi connectivity index (χ2v) is 6.80. The smallest absolute Gasteiger partial charge is 0.233 e. The van der Waals surface area contributed by atoms with Crippen molar-refractivity contribution in [2.75, 3.05) is 25.1 Å². The first-order valence-electron chi connectivity index (χ1n) is 8.65. The monoisotopic (exact) mass is 372 g/mol. The lowest BCUT2D eigenvalue weighted by molar-refractivity contribution is 0.392. The van der Waals surface area contributed by atoms with Crippen LogP contribution in [0.5, 0.6) is 5.88 Å². The Morgan fingerprint density at radius 2 is 1.96 bits per heavy atom. The Balaban J connectivity index is 0.00000168. The lowest BCUT2D eigenvalue weighted by Crippen LogP contribution is -2.51. The van der Waals surface area contributed by atoms with E-state index in [-0.39, 0.29) is 12.4 Å². The highest BCUT2D eigenvalue weighted by Gasteiger charge is 2.32. The predicted octanol–water partition coefficient (Wildman–Crippen LogP) is 2.16. The topological polar surface area (TPSA) is 67.6 Å². The summed E-state index contributed by atoms with van der Waals surface area (Å²) in [6, 6.07) is 7.40. The molecule has 8 heteroatoms. The van der Waals surface area contributed by atoms with Gasteiger partial charge in [-0.3, -0.25) is 0 Å². The van der Waals surface area contributed by atoms with Crippen LogP contribution in [0.4, 0.5) is 5.69 Å². The number of anilines is 1. The average Bonchev–Trinajstić information content (AvgIpc) is 3.24. The van der Waals surface area contributed by atoms with E-state index < -0.39 is 0 Å². The summed E-state index contributed by atoms with van der Waals surface area (Å²) in [6.45, 7) is 2.11. The van der Waals surface area contributed by atoms with Crippen molar-refractivity contribution >= 4 is 23.6 Å². The summed E-state index contributed by atoms with van der Waals surface area (Å²) in [5.74, 6) is 0.514. The number of hydrogen-bond acceptors (Lipinski definition) is 6. The van der Waals surface area contributed by atoms with E-state index in [1.165, 1.54) is 18.5 Å². The largest absolute Gasteiger partial charge is 0.480 e. The summed E-state index contributed by atoms with van der Waals surface area (Å²) in [7, 11) is 1.60. The maximum atomic E-state index is 5.19. The lowest BCUT2D eigenvalue weighted by atomic mass is 10.1. The minimum Gasteiger partial charge on any atom is -0.480 e. The molecule has 7 nitrogen and oxygen atoms in total. The first kappa shape index (κ1) is 17.1. The molecule has 2 fully saturated rings. The number of nitrogens with one attached hydrogen (secondary N) is 1. The molecule has 0 aromatic carbocycles. The van der Waals surface area contributed by atoms with Gasteiger partial charge in [-0.1, -0.05) is 0 Å². The Labute approximate surface area is 157 Å². The van der Waals surface area contributed by atoms with Crippen molar-refractivity contribution in [2.45, 2.75) is 24.9 Å². The Morgan fingerprint density at radius 3 is 2.73 bits per heavy atom. The first-order valence-corrected chi connectivity index (χ1v) is 8.65. The van der Waals surface area contributed by atoms with Crippen LogP contribution >= 0.6 is 12.4 Å². The summed E-state index contributed by atoms with van der Waals surface area (Å²) >= 11 is 0. The van der Waals surface area contributed by atoms with Gasteiger partial charge in [0.2, 0.25) is 5.88 Å². The zero-order valence-electron chi connectivity index (χ0n) is 14.5. The molecule has 2 saturated heterocycles. The SMILES string of the molecule is COc1cc(-c2cc3c(N4CC5CCC(C4)N5)ccnn3c2)cnn1.Cl. The van der Waals surface area contributed by atoms with Crippen molar-refractivity contribution in [2.24, 2.45) is 0 Å². The molecule has 0 amide bonds. The molecule has 2 unspecified atom stereocenters. The number of rotatable bonds is 3. The molecule has 2 atom stereocenters. The van der Waals surface area contributed by atoms with Crippen molar-refractivity contribution < 1.29 is 4.74 Å². The van der Waals surface area contributed by atoms with Gasteiger partial charge in [0.05, 0.1) is 24.5 Å². The van der Waals surface area contributed by atoms with Gasteiger partial charge < -0.3 is 15.0 Å². The van der Waals surface area contributed by atoms with Gasteiger partial charge >= 0.3 is 0 Å². The van der Waals surface area contributed by atoms with E-state index in [1.54, 1.807) is 13.3 Å². The maximum absolute atomic E-state index is 5.19. The average molecular weight is 373 g/mol. The molecule has 5 heterocycles. The van der Waals surface area contributed by atoms with Crippen LogP contribution in [0, 0.1) is 0 Å². The number of methoxy groups -OCH3 is 1. The zero-order valence-corrected chi connectivity index (χ0v) is 15.3. The predicted molar refractivity (Wildman–Crippen MR) is 102 cm³/mol. The van der Waals surface area contributed by atoms with Gasteiger partial charge in [0.15, 0.2) is 0 Å². The van der Waals surface area contributed by atoms with Crippen LogP contribution in [0.2, 0.25) is 0 Å². The molecule has 2 aliphatic rings. The third kappa shape index (κ3) is 2.87. The molecule has 136 valence electrons. The number of piperazine rings is 1. The highest BCUT2D eigenvalue weighted by atomic mass is 35.5. The van der Waals surface area contributed by atoms with E-state index in [0.717, 1.165) is 29.7 Å². The van der Waals surface area contributed by atoms with Crippen molar-refractivity contribution in [1.29, 1.82) is 0 Å². The Hall–Kier alpha value is -2.38. The molecule has 5 rings (SSSR count). The molecule has 0 aliphatic carbocycles. The summed E-state index contributed by atoms with van der Waals surface area (Å²) < 4.78 is 7.13. The molecular weight excluding hydrogens is 352 g/mol. The van der Waals surface area contributed by atoms with Gasteiger partial charge in [-0.05, 0) is 25.0 Å². The van der Waals surface area contributed by atoms with E-state index in [9.17, 15) is 0 Å². The minimum atomic E-state index is 0. The fourth-order valence-corrected chi connectivity index (χ4v) is 4.02. The zero-order chi connectivity index (χ0) is 16.8. The normalized spacial score (nSPS) is 21.7. The lowest BCUT2D eigenvalue weighted by Gasteiger charge is -2.34. The number of fused-ring (bicyclic) bond motifs is 3. The van der Waals surface area contributed by atoms with Crippen molar-refractivity contribution in [3.8, 4) is 17.0 Å². The van der Waals surface area contributed by atoms with Crippen LogP contribution in [0.25, 0.3) is 16.6 Å². The second-order valence-electron chi connectivity index (χ2n) is 6.80. The summed E-state index contributed by atoms with van der Waals surface area (Å²) in [4.78, 5) is 2.49. The Bertz CT molecular complexity index is 917. The van der Waals surface area contributed by atoms with E-state index in [1.807, 2.05) is 23.0 Å². The van der Waals surface area contributed by atoms with Gasteiger partial charge in [-0.2, -0.15) is 10.2 Å². The van der Waals surface area contributed by atoms with Crippen LogP contribution in [-0.4, -0.2) is 52.1 Å². The molecule has 26 heavy (non-hydrogen) atoms. The fraction of sp³-hybridized carbons (Fsp3) is 0.389. The summed E-state index contributed by atoms with van der Waals surface area (Å²) in [5.41, 5.74) is 4.40. The minimum absolute atomic E-state index is 0.